The van der Waals surface area contributed by atoms with Gasteiger partial charge in [-0.25, -0.2) is 0 Å². The fraction of sp³-hybridized carbons (Fsp3) is 0.520. The van der Waals surface area contributed by atoms with Gasteiger partial charge in [0, 0.05) is 59.8 Å². The van der Waals surface area contributed by atoms with Gasteiger partial charge in [0.25, 0.3) is 0 Å². The lowest BCUT2D eigenvalue weighted by Gasteiger charge is -2.46. The van der Waals surface area contributed by atoms with E-state index in [0.717, 1.165) is 69.7 Å². The first-order chi connectivity index (χ1) is 15.1. The van der Waals surface area contributed by atoms with Crippen molar-refractivity contribution in [3.8, 4) is 11.5 Å². The molecular weight excluding hydrogens is 388 g/mol. The van der Waals surface area contributed by atoms with Gasteiger partial charge in [-0.3, -0.25) is 0 Å². The second-order valence-electron chi connectivity index (χ2n) is 8.72. The molecule has 0 radical (unpaired) electrons. The molecule has 0 amide bonds. The average Bonchev–Trinajstić information content (AvgIpc) is 2.77. The van der Waals surface area contributed by atoms with Crippen LogP contribution in [-0.4, -0.2) is 30.0 Å². The van der Waals surface area contributed by atoms with Crippen LogP contribution in [0, 0.1) is 0 Å². The molecule has 6 heteroatoms. The second-order valence-corrected chi connectivity index (χ2v) is 8.72. The lowest BCUT2D eigenvalue weighted by molar-refractivity contribution is 0.459. The van der Waals surface area contributed by atoms with Gasteiger partial charge in [-0.1, -0.05) is 26.7 Å². The number of unbranched alkanes of at least 4 members (excludes halogenated alkanes) is 2. The molecule has 2 aliphatic heterocycles. The predicted molar refractivity (Wildman–Crippen MR) is 127 cm³/mol. The van der Waals surface area contributed by atoms with Crippen molar-refractivity contribution in [2.45, 2.75) is 65.7 Å². The highest BCUT2D eigenvalue weighted by atomic mass is 16.3. The summed E-state index contributed by atoms with van der Waals surface area (Å²) in [5.74, 6) is 0.744. The molecule has 0 aromatic heterocycles. The minimum absolute atomic E-state index is 0.372. The number of phenols is 2. The van der Waals surface area contributed by atoms with E-state index in [-0.39, 0.29) is 0 Å². The Kier molecular flexibility index (Phi) is 6.88. The van der Waals surface area contributed by atoms with Gasteiger partial charge in [-0.05, 0) is 50.2 Å². The van der Waals surface area contributed by atoms with Crippen molar-refractivity contribution < 1.29 is 10.2 Å². The fourth-order valence-corrected chi connectivity index (χ4v) is 4.72. The van der Waals surface area contributed by atoms with Crippen molar-refractivity contribution in [1.82, 2.24) is 10.6 Å². The smallest absolute Gasteiger partial charge is 0.120 e. The average molecular weight is 425 g/mol. The SMILES string of the molecule is CCCCNCc1c(O)ccc2c1CN1CN2Cc2c1ccc(O)c2CNCCCC. The van der Waals surface area contributed by atoms with E-state index in [2.05, 4.69) is 34.3 Å². The largest absolute Gasteiger partial charge is 0.508 e. The maximum Gasteiger partial charge on any atom is 0.120 e. The van der Waals surface area contributed by atoms with E-state index in [9.17, 15) is 10.2 Å². The number of nitrogens with zero attached hydrogens (tertiary/aromatic N) is 2. The second kappa shape index (κ2) is 9.79. The molecule has 2 aromatic rings. The van der Waals surface area contributed by atoms with E-state index in [1.165, 1.54) is 22.5 Å². The summed E-state index contributed by atoms with van der Waals surface area (Å²) in [5, 5.41) is 28.1. The minimum Gasteiger partial charge on any atom is -0.508 e. The van der Waals surface area contributed by atoms with E-state index < -0.39 is 0 Å². The zero-order valence-corrected chi connectivity index (χ0v) is 18.9. The molecule has 0 saturated carbocycles. The van der Waals surface area contributed by atoms with Crippen LogP contribution in [0.3, 0.4) is 0 Å². The first-order valence-corrected chi connectivity index (χ1v) is 11.7. The van der Waals surface area contributed by atoms with Gasteiger partial charge in [-0.15, -0.1) is 0 Å². The quantitative estimate of drug-likeness (QED) is 0.429. The summed E-state index contributed by atoms with van der Waals surface area (Å²) in [6.07, 6.45) is 4.60. The van der Waals surface area contributed by atoms with Gasteiger partial charge in [0.15, 0.2) is 0 Å². The number of nitrogens with one attached hydrogen (secondary N) is 2. The zero-order valence-electron chi connectivity index (χ0n) is 18.9. The third-order valence-electron chi connectivity index (χ3n) is 6.50. The number of aromatic hydroxyl groups is 2. The maximum absolute atomic E-state index is 10.6. The van der Waals surface area contributed by atoms with Crippen molar-refractivity contribution in [2.75, 3.05) is 29.6 Å². The van der Waals surface area contributed by atoms with Crippen LogP contribution >= 0.6 is 0 Å². The van der Waals surface area contributed by atoms with Crippen LogP contribution in [0.25, 0.3) is 0 Å². The van der Waals surface area contributed by atoms with Crippen molar-refractivity contribution in [1.29, 1.82) is 0 Å². The topological polar surface area (TPSA) is 71.0 Å². The van der Waals surface area contributed by atoms with Gasteiger partial charge in [0.1, 0.15) is 11.5 Å². The highest BCUT2D eigenvalue weighted by Gasteiger charge is 2.33. The number of benzene rings is 2. The normalized spacial score (nSPS) is 14.5. The Bertz CT molecular complexity index is 841. The number of hydrogen-bond acceptors (Lipinski definition) is 6. The lowest BCUT2D eigenvalue weighted by atomic mass is 9.94. The number of phenolic OH excluding ortho intramolecular Hbond substituents is 2. The van der Waals surface area contributed by atoms with Crippen LogP contribution in [0.5, 0.6) is 11.5 Å². The van der Waals surface area contributed by atoms with Gasteiger partial charge in [0.05, 0.1) is 6.67 Å². The van der Waals surface area contributed by atoms with Crippen LogP contribution < -0.4 is 20.4 Å². The highest BCUT2D eigenvalue weighted by molar-refractivity contribution is 5.72. The highest BCUT2D eigenvalue weighted by Crippen LogP contribution is 2.43. The van der Waals surface area contributed by atoms with Gasteiger partial charge >= 0.3 is 0 Å². The Balaban J connectivity index is 1.60. The molecule has 0 saturated heterocycles. The van der Waals surface area contributed by atoms with E-state index >= 15 is 0 Å². The van der Waals surface area contributed by atoms with Crippen molar-refractivity contribution in [3.63, 3.8) is 0 Å². The van der Waals surface area contributed by atoms with E-state index in [1.54, 1.807) is 0 Å². The van der Waals surface area contributed by atoms with Gasteiger partial charge in [0.2, 0.25) is 0 Å². The molecule has 2 aliphatic rings. The molecule has 0 spiro atoms. The number of rotatable bonds is 10. The predicted octanol–water partition coefficient (Wildman–Crippen LogP) is 4.17. The van der Waals surface area contributed by atoms with Crippen LogP contribution in [-0.2, 0) is 26.2 Å². The third kappa shape index (κ3) is 4.46. The van der Waals surface area contributed by atoms with Crippen LogP contribution in [0.2, 0.25) is 0 Å². The number of anilines is 2. The maximum atomic E-state index is 10.6. The standard InChI is InChI=1S/C25H36N4O2/c1-3-5-11-26-13-18-20-15-28-17-29(22(20)7-9-24(18)30)16-21-19(14-27-12-6-4-2)25(31)10-8-23(21)28/h7-10,26-27,30-31H,3-6,11-17H2,1-2H3. The summed E-state index contributed by atoms with van der Waals surface area (Å²) in [5.41, 5.74) is 6.81. The number of fused-ring (bicyclic) bond motifs is 6. The Morgan fingerprint density at radius 3 is 1.61 bits per heavy atom. The minimum atomic E-state index is 0.372. The molecule has 6 nitrogen and oxygen atoms in total. The lowest BCUT2D eigenvalue weighted by Crippen LogP contribution is -2.47. The summed E-state index contributed by atoms with van der Waals surface area (Å²) in [6.45, 7) is 10.0. The summed E-state index contributed by atoms with van der Waals surface area (Å²) in [4.78, 5) is 4.73. The van der Waals surface area contributed by atoms with E-state index in [0.29, 0.717) is 24.6 Å². The number of hydrogen-bond donors (Lipinski definition) is 4. The monoisotopic (exact) mass is 424 g/mol. The Morgan fingerprint density at radius 2 is 1.19 bits per heavy atom. The molecule has 0 unspecified atom stereocenters. The molecule has 0 fully saturated rings. The Hall–Kier alpha value is -2.44. The summed E-state index contributed by atoms with van der Waals surface area (Å²) < 4.78 is 0. The van der Waals surface area contributed by atoms with Crippen LogP contribution in [0.15, 0.2) is 24.3 Å². The molecule has 0 aliphatic carbocycles. The molecule has 0 atom stereocenters. The first kappa shape index (κ1) is 21.8. The van der Waals surface area contributed by atoms with Crippen molar-refractivity contribution in [2.24, 2.45) is 0 Å². The Morgan fingerprint density at radius 1 is 0.742 bits per heavy atom. The third-order valence-corrected chi connectivity index (χ3v) is 6.50. The van der Waals surface area contributed by atoms with Crippen LogP contribution in [0.1, 0.15) is 61.8 Å². The molecular formula is C25H36N4O2. The van der Waals surface area contributed by atoms with Crippen LogP contribution in [0.4, 0.5) is 11.4 Å². The van der Waals surface area contributed by atoms with Gasteiger partial charge < -0.3 is 30.6 Å². The van der Waals surface area contributed by atoms with Crippen molar-refractivity contribution in [3.05, 3.63) is 46.5 Å². The molecule has 2 bridgehead atoms. The van der Waals surface area contributed by atoms with Crippen molar-refractivity contribution >= 4 is 11.4 Å². The molecule has 2 heterocycles. The fourth-order valence-electron chi connectivity index (χ4n) is 4.72. The summed E-state index contributed by atoms with van der Waals surface area (Å²) in [7, 11) is 0. The first-order valence-electron chi connectivity index (χ1n) is 11.7. The Labute approximate surface area is 185 Å². The van der Waals surface area contributed by atoms with E-state index in [1.807, 2.05) is 24.3 Å². The van der Waals surface area contributed by atoms with Gasteiger partial charge in [-0.2, -0.15) is 0 Å². The summed E-state index contributed by atoms with van der Waals surface area (Å²) in [6, 6.07) is 7.75. The van der Waals surface area contributed by atoms with E-state index in [4.69, 9.17) is 0 Å². The molecule has 2 aromatic carbocycles. The molecule has 168 valence electrons. The molecule has 4 rings (SSSR count). The molecule has 31 heavy (non-hydrogen) atoms. The summed E-state index contributed by atoms with van der Waals surface area (Å²) >= 11 is 0. The zero-order chi connectivity index (χ0) is 21.8. The molecule has 4 N–H and O–H groups in total.